The van der Waals surface area contributed by atoms with E-state index in [1.54, 1.807) is 67.2 Å². The number of benzene rings is 3. The van der Waals surface area contributed by atoms with Crippen molar-refractivity contribution in [2.24, 2.45) is 0 Å². The number of nitrogens with zero attached hydrogens (tertiary/aromatic N) is 1. The van der Waals surface area contributed by atoms with Crippen molar-refractivity contribution in [3.8, 4) is 0 Å². The molecule has 7 heteroatoms. The zero-order chi connectivity index (χ0) is 24.2. The molecule has 3 rings (SSSR count). The monoisotopic (exact) mass is 482 g/mol. The summed E-state index contributed by atoms with van der Waals surface area (Å²) in [6.45, 7) is 8.11. The van der Waals surface area contributed by atoms with Gasteiger partial charge in [0.15, 0.2) is 0 Å². The summed E-state index contributed by atoms with van der Waals surface area (Å²) in [5, 5.41) is 3.03. The van der Waals surface area contributed by atoms with Crippen molar-refractivity contribution in [1.29, 1.82) is 0 Å². The fourth-order valence-electron chi connectivity index (χ4n) is 3.81. The molecular weight excluding hydrogens is 452 g/mol. The highest BCUT2D eigenvalue weighted by atomic mass is 32.2. The Morgan fingerprint density at radius 1 is 1.00 bits per heavy atom. The van der Waals surface area contributed by atoms with Crippen molar-refractivity contribution in [3.63, 3.8) is 0 Å². The van der Waals surface area contributed by atoms with Crippen LogP contribution in [-0.4, -0.2) is 27.1 Å². The molecule has 0 saturated carbocycles. The number of rotatable bonds is 8. The summed E-state index contributed by atoms with van der Waals surface area (Å²) in [7, 11) is -3.70. The molecule has 3 aromatic rings. The second-order valence-electron chi connectivity index (χ2n) is 7.95. The van der Waals surface area contributed by atoms with E-state index in [1.165, 1.54) is 9.87 Å². The minimum absolute atomic E-state index is 0.144. The molecule has 0 aliphatic heterocycles. The topological polar surface area (TPSA) is 66.5 Å². The standard InChI is InChI=1S/C26H30N2O3S2/c1-6-28(33(30,31)24-14-12-23(32-5)13-15-24)22-10-8-21(9-11-22)26(29)27-20(4)25-16-7-18(2)17-19(25)3/h7-17,20H,6H2,1-5H3,(H,27,29)/t20-/m1/s1. The number of anilines is 1. The van der Waals surface area contributed by atoms with Crippen LogP contribution in [0.2, 0.25) is 0 Å². The lowest BCUT2D eigenvalue weighted by molar-refractivity contribution is 0.0940. The number of nitrogens with one attached hydrogen (secondary N) is 1. The lowest BCUT2D eigenvalue weighted by Gasteiger charge is -2.23. The first kappa shape index (κ1) is 24.9. The summed E-state index contributed by atoms with van der Waals surface area (Å²) in [5.41, 5.74) is 4.38. The third-order valence-corrected chi connectivity index (χ3v) is 8.25. The van der Waals surface area contributed by atoms with Crippen LogP contribution >= 0.6 is 11.8 Å². The van der Waals surface area contributed by atoms with Crippen LogP contribution in [0.1, 0.15) is 46.9 Å². The first-order valence-electron chi connectivity index (χ1n) is 10.8. The number of amides is 1. The number of aryl methyl sites for hydroxylation is 2. The molecule has 3 aromatic carbocycles. The quantitative estimate of drug-likeness (QED) is 0.416. The Kier molecular flexibility index (Phi) is 7.87. The van der Waals surface area contributed by atoms with Gasteiger partial charge in [-0.2, -0.15) is 0 Å². The van der Waals surface area contributed by atoms with Crippen molar-refractivity contribution >= 4 is 33.4 Å². The van der Waals surface area contributed by atoms with Gasteiger partial charge in [-0.05, 0) is 93.6 Å². The van der Waals surface area contributed by atoms with Gasteiger partial charge in [-0.15, -0.1) is 11.8 Å². The number of carbonyl (C=O) groups is 1. The van der Waals surface area contributed by atoms with E-state index in [2.05, 4.69) is 11.4 Å². The average molecular weight is 483 g/mol. The van der Waals surface area contributed by atoms with Crippen LogP contribution in [0.3, 0.4) is 0 Å². The van der Waals surface area contributed by atoms with Crippen LogP contribution in [0.15, 0.2) is 76.5 Å². The zero-order valence-electron chi connectivity index (χ0n) is 19.6. The third-order valence-electron chi connectivity index (χ3n) is 5.59. The van der Waals surface area contributed by atoms with Gasteiger partial charge < -0.3 is 5.32 Å². The van der Waals surface area contributed by atoms with E-state index in [1.807, 2.05) is 39.2 Å². The van der Waals surface area contributed by atoms with Crippen molar-refractivity contribution in [2.45, 2.75) is 43.5 Å². The number of carbonyl (C=O) groups excluding carboxylic acids is 1. The second-order valence-corrected chi connectivity index (χ2v) is 10.7. The van der Waals surface area contributed by atoms with Crippen LogP contribution in [0.4, 0.5) is 5.69 Å². The van der Waals surface area contributed by atoms with E-state index in [4.69, 9.17) is 0 Å². The Hall–Kier alpha value is -2.77. The Morgan fingerprint density at radius 3 is 2.18 bits per heavy atom. The maximum atomic E-state index is 13.2. The molecule has 0 saturated heterocycles. The summed E-state index contributed by atoms with van der Waals surface area (Å²) in [6, 6.07) is 19.6. The van der Waals surface area contributed by atoms with E-state index in [9.17, 15) is 13.2 Å². The highest BCUT2D eigenvalue weighted by Gasteiger charge is 2.24. The van der Waals surface area contributed by atoms with Crippen LogP contribution in [-0.2, 0) is 10.0 Å². The molecule has 0 fully saturated rings. The summed E-state index contributed by atoms with van der Waals surface area (Å²) in [4.78, 5) is 14.0. The van der Waals surface area contributed by atoms with Crippen LogP contribution in [0.5, 0.6) is 0 Å². The minimum Gasteiger partial charge on any atom is -0.346 e. The van der Waals surface area contributed by atoms with Gasteiger partial charge in [0.1, 0.15) is 0 Å². The number of thioether (sulfide) groups is 1. The van der Waals surface area contributed by atoms with Gasteiger partial charge in [0, 0.05) is 17.0 Å². The summed E-state index contributed by atoms with van der Waals surface area (Å²) in [5.74, 6) is -0.201. The minimum atomic E-state index is -3.70. The van der Waals surface area contributed by atoms with Gasteiger partial charge in [0.2, 0.25) is 0 Å². The molecule has 0 aliphatic carbocycles. The summed E-state index contributed by atoms with van der Waals surface area (Å²) < 4.78 is 27.7. The molecule has 5 nitrogen and oxygen atoms in total. The molecule has 0 aromatic heterocycles. The van der Waals surface area contributed by atoms with Crippen molar-refractivity contribution < 1.29 is 13.2 Å². The van der Waals surface area contributed by atoms with E-state index in [0.29, 0.717) is 11.3 Å². The fraction of sp³-hybridized carbons (Fsp3) is 0.269. The SMILES string of the molecule is CCN(c1ccc(C(=O)N[C@H](C)c2ccc(C)cc2C)cc1)S(=O)(=O)c1ccc(SC)cc1. The summed E-state index contributed by atoms with van der Waals surface area (Å²) in [6.07, 6.45) is 1.95. The van der Waals surface area contributed by atoms with Crippen LogP contribution < -0.4 is 9.62 Å². The highest BCUT2D eigenvalue weighted by molar-refractivity contribution is 7.98. The molecule has 0 aliphatic rings. The molecule has 0 unspecified atom stereocenters. The molecule has 33 heavy (non-hydrogen) atoms. The first-order chi connectivity index (χ1) is 15.7. The predicted molar refractivity (Wildman–Crippen MR) is 137 cm³/mol. The Labute approximate surface area is 201 Å². The van der Waals surface area contributed by atoms with Gasteiger partial charge >= 0.3 is 0 Å². The number of hydrogen-bond donors (Lipinski definition) is 1. The smallest absolute Gasteiger partial charge is 0.264 e. The lowest BCUT2D eigenvalue weighted by atomic mass is 10.00. The zero-order valence-corrected chi connectivity index (χ0v) is 21.3. The Morgan fingerprint density at radius 2 is 1.64 bits per heavy atom. The number of hydrogen-bond acceptors (Lipinski definition) is 4. The van der Waals surface area contributed by atoms with E-state index in [0.717, 1.165) is 16.0 Å². The van der Waals surface area contributed by atoms with Gasteiger partial charge in [-0.3, -0.25) is 9.10 Å². The van der Waals surface area contributed by atoms with Gasteiger partial charge in [0.05, 0.1) is 16.6 Å². The molecule has 174 valence electrons. The van der Waals surface area contributed by atoms with Gasteiger partial charge in [-0.1, -0.05) is 23.8 Å². The van der Waals surface area contributed by atoms with Gasteiger partial charge in [-0.25, -0.2) is 8.42 Å². The Balaban J connectivity index is 1.77. The van der Waals surface area contributed by atoms with E-state index >= 15 is 0 Å². The molecule has 0 spiro atoms. The third kappa shape index (κ3) is 5.60. The molecular formula is C26H30N2O3S2. The lowest BCUT2D eigenvalue weighted by Crippen LogP contribution is -2.31. The Bertz CT molecular complexity index is 1220. The maximum Gasteiger partial charge on any atom is 0.264 e. The van der Waals surface area contributed by atoms with Crippen LogP contribution in [0.25, 0.3) is 0 Å². The molecule has 1 N–H and O–H groups in total. The van der Waals surface area contributed by atoms with Crippen LogP contribution in [0, 0.1) is 13.8 Å². The number of sulfonamides is 1. The largest absolute Gasteiger partial charge is 0.346 e. The molecule has 0 bridgehead atoms. The molecule has 1 amide bonds. The molecule has 1 atom stereocenters. The highest BCUT2D eigenvalue weighted by Crippen LogP contribution is 2.26. The first-order valence-corrected chi connectivity index (χ1v) is 13.5. The molecule has 0 heterocycles. The van der Waals surface area contributed by atoms with E-state index < -0.39 is 10.0 Å². The van der Waals surface area contributed by atoms with Crippen molar-refractivity contribution in [2.75, 3.05) is 17.1 Å². The molecule has 0 radical (unpaired) electrons. The van der Waals surface area contributed by atoms with E-state index in [-0.39, 0.29) is 23.4 Å². The fourth-order valence-corrected chi connectivity index (χ4v) is 5.70. The normalized spacial score (nSPS) is 12.3. The van der Waals surface area contributed by atoms with Gasteiger partial charge in [0.25, 0.3) is 15.9 Å². The predicted octanol–water partition coefficient (Wildman–Crippen LogP) is 5.73. The van der Waals surface area contributed by atoms with Crippen molar-refractivity contribution in [3.05, 3.63) is 89.0 Å². The second kappa shape index (κ2) is 10.4. The van der Waals surface area contributed by atoms with Crippen molar-refractivity contribution in [1.82, 2.24) is 5.32 Å². The maximum absolute atomic E-state index is 13.2. The average Bonchev–Trinajstić information content (AvgIpc) is 2.79. The summed E-state index contributed by atoms with van der Waals surface area (Å²) >= 11 is 1.56.